The first-order valence-electron chi connectivity index (χ1n) is 5.95. The van der Waals surface area contributed by atoms with Gasteiger partial charge in [-0.1, -0.05) is 18.2 Å². The number of ether oxygens (including phenoxy) is 1. The number of hydrogen-bond donors (Lipinski definition) is 2. The first-order valence-corrected chi connectivity index (χ1v) is 5.95. The fraction of sp³-hybridized carbons (Fsp3) is 0.385. The summed E-state index contributed by atoms with van der Waals surface area (Å²) in [6.45, 7) is 2.15. The van der Waals surface area contributed by atoms with E-state index in [0.717, 1.165) is 5.69 Å². The molecule has 0 aromatic heterocycles. The second-order valence-corrected chi connectivity index (χ2v) is 4.25. The van der Waals surface area contributed by atoms with Crippen LogP contribution in [0.2, 0.25) is 0 Å². The number of anilines is 1. The van der Waals surface area contributed by atoms with Gasteiger partial charge in [-0.3, -0.25) is 14.9 Å². The van der Waals surface area contributed by atoms with Gasteiger partial charge in [0.05, 0.1) is 12.6 Å². The Labute approximate surface area is 106 Å². The van der Waals surface area contributed by atoms with Gasteiger partial charge in [0, 0.05) is 12.1 Å². The zero-order chi connectivity index (χ0) is 13.0. The number of carbonyl (C=O) groups is 2. The molecule has 1 aromatic rings. The van der Waals surface area contributed by atoms with Crippen molar-refractivity contribution in [2.24, 2.45) is 0 Å². The van der Waals surface area contributed by atoms with E-state index in [0.29, 0.717) is 13.0 Å². The summed E-state index contributed by atoms with van der Waals surface area (Å²) in [5.41, 5.74) is 0.741. The van der Waals surface area contributed by atoms with E-state index >= 15 is 0 Å². The molecule has 1 fully saturated rings. The number of carbonyl (C=O) groups excluding carboxylic acids is 2. The molecule has 2 rings (SSSR count). The van der Waals surface area contributed by atoms with Crippen molar-refractivity contribution in [3.8, 4) is 0 Å². The molecule has 1 aromatic carbocycles. The van der Waals surface area contributed by atoms with Gasteiger partial charge in [0.1, 0.15) is 6.04 Å². The molecule has 1 heterocycles. The molecule has 1 aliphatic rings. The van der Waals surface area contributed by atoms with Gasteiger partial charge in [0.2, 0.25) is 5.91 Å². The predicted octanol–water partition coefficient (Wildman–Crippen LogP) is 0.919. The minimum Gasteiger partial charge on any atom is -0.464 e. The molecule has 1 amide bonds. The molecule has 5 nitrogen and oxygen atoms in total. The molecule has 5 heteroatoms. The normalized spacial score (nSPS) is 20.3. The maximum atomic E-state index is 11.9. The van der Waals surface area contributed by atoms with Crippen molar-refractivity contribution in [1.82, 2.24) is 5.32 Å². The second kappa shape index (κ2) is 5.64. The molecule has 0 bridgehead atoms. The Hall–Kier alpha value is -1.88. The third-order valence-electron chi connectivity index (χ3n) is 2.82. The first kappa shape index (κ1) is 12.6. The molecular weight excluding hydrogens is 232 g/mol. The highest BCUT2D eigenvalue weighted by Crippen LogP contribution is 2.09. The summed E-state index contributed by atoms with van der Waals surface area (Å²) in [5.74, 6) is -0.449. The number of para-hydroxylation sites is 1. The number of cyclic esters (lactones) is 1. The van der Waals surface area contributed by atoms with Gasteiger partial charge < -0.3 is 10.1 Å². The lowest BCUT2D eigenvalue weighted by Crippen LogP contribution is -2.45. The first-order chi connectivity index (χ1) is 8.66. The van der Waals surface area contributed by atoms with Crippen LogP contribution >= 0.6 is 0 Å². The molecule has 1 aliphatic heterocycles. The number of nitrogens with one attached hydrogen (secondary N) is 2. The maximum Gasteiger partial charge on any atom is 0.323 e. The summed E-state index contributed by atoms with van der Waals surface area (Å²) < 4.78 is 4.83. The predicted molar refractivity (Wildman–Crippen MR) is 67.0 cm³/mol. The van der Waals surface area contributed by atoms with Crippen LogP contribution in [-0.4, -0.2) is 30.6 Å². The van der Waals surface area contributed by atoms with Crippen LogP contribution < -0.4 is 10.6 Å². The monoisotopic (exact) mass is 248 g/mol. The molecule has 0 radical (unpaired) electrons. The zero-order valence-corrected chi connectivity index (χ0v) is 10.2. The smallest absolute Gasteiger partial charge is 0.323 e. The largest absolute Gasteiger partial charge is 0.464 e. The highest BCUT2D eigenvalue weighted by Gasteiger charge is 2.29. The van der Waals surface area contributed by atoms with Gasteiger partial charge in [-0.05, 0) is 19.1 Å². The van der Waals surface area contributed by atoms with Crippen molar-refractivity contribution >= 4 is 17.6 Å². The van der Waals surface area contributed by atoms with E-state index in [1.807, 2.05) is 30.3 Å². The highest BCUT2D eigenvalue weighted by atomic mass is 16.5. The van der Waals surface area contributed by atoms with Crippen molar-refractivity contribution in [2.75, 3.05) is 11.9 Å². The van der Waals surface area contributed by atoms with E-state index in [-0.39, 0.29) is 17.9 Å². The molecule has 0 spiro atoms. The van der Waals surface area contributed by atoms with E-state index in [9.17, 15) is 9.59 Å². The van der Waals surface area contributed by atoms with Crippen LogP contribution in [0, 0.1) is 0 Å². The summed E-state index contributed by atoms with van der Waals surface area (Å²) in [7, 11) is 0. The number of esters is 1. The van der Waals surface area contributed by atoms with Crippen LogP contribution in [0.4, 0.5) is 5.69 Å². The molecule has 2 atom stereocenters. The second-order valence-electron chi connectivity index (χ2n) is 4.25. The van der Waals surface area contributed by atoms with Gasteiger partial charge in [0.15, 0.2) is 0 Å². The Morgan fingerprint density at radius 1 is 1.39 bits per heavy atom. The standard InChI is InChI=1S/C13H16N2O3/c1-9(14-11-7-8-18-13(11)17)12(16)15-10-5-3-2-4-6-10/h2-6,9,11,14H,7-8H2,1H3,(H,15,16). The number of amides is 1. The topological polar surface area (TPSA) is 67.4 Å². The van der Waals surface area contributed by atoms with Crippen LogP contribution in [0.3, 0.4) is 0 Å². The van der Waals surface area contributed by atoms with Crippen LogP contribution in [0.15, 0.2) is 30.3 Å². The highest BCUT2D eigenvalue weighted by molar-refractivity contribution is 5.95. The lowest BCUT2D eigenvalue weighted by molar-refractivity contribution is -0.139. The molecule has 96 valence electrons. The molecular formula is C13H16N2O3. The quantitative estimate of drug-likeness (QED) is 0.777. The Balaban J connectivity index is 1.87. The molecule has 2 N–H and O–H groups in total. The summed E-state index contributed by atoms with van der Waals surface area (Å²) in [6, 6.07) is 8.39. The maximum absolute atomic E-state index is 11.9. The van der Waals surface area contributed by atoms with Gasteiger partial charge in [-0.2, -0.15) is 0 Å². The summed E-state index contributed by atoms with van der Waals surface area (Å²) in [6.07, 6.45) is 0.613. The van der Waals surface area contributed by atoms with E-state index < -0.39 is 6.04 Å². The number of benzene rings is 1. The Kier molecular flexibility index (Phi) is 3.94. The number of hydrogen-bond acceptors (Lipinski definition) is 4. The number of rotatable bonds is 4. The van der Waals surface area contributed by atoms with Gasteiger partial charge in [-0.25, -0.2) is 0 Å². The zero-order valence-electron chi connectivity index (χ0n) is 10.2. The Morgan fingerprint density at radius 2 is 2.11 bits per heavy atom. The summed E-state index contributed by atoms with van der Waals surface area (Å²) in [4.78, 5) is 23.2. The molecule has 18 heavy (non-hydrogen) atoms. The van der Waals surface area contributed by atoms with Gasteiger partial charge >= 0.3 is 5.97 Å². The minimum absolute atomic E-state index is 0.166. The van der Waals surface area contributed by atoms with Crippen LogP contribution in [-0.2, 0) is 14.3 Å². The molecule has 0 aliphatic carbocycles. The van der Waals surface area contributed by atoms with Crippen molar-refractivity contribution in [2.45, 2.75) is 25.4 Å². The van der Waals surface area contributed by atoms with Crippen LogP contribution in [0.1, 0.15) is 13.3 Å². The molecule has 0 saturated carbocycles. The van der Waals surface area contributed by atoms with Gasteiger partial charge in [0.25, 0.3) is 0 Å². The van der Waals surface area contributed by atoms with Crippen molar-refractivity contribution in [3.63, 3.8) is 0 Å². The Bertz CT molecular complexity index is 433. The summed E-state index contributed by atoms with van der Waals surface area (Å²) >= 11 is 0. The van der Waals surface area contributed by atoms with E-state index in [4.69, 9.17) is 4.74 Å². The Morgan fingerprint density at radius 3 is 2.72 bits per heavy atom. The average molecular weight is 248 g/mol. The average Bonchev–Trinajstić information content (AvgIpc) is 2.76. The molecule has 1 saturated heterocycles. The van der Waals surface area contributed by atoms with E-state index in [1.165, 1.54) is 0 Å². The van der Waals surface area contributed by atoms with Crippen LogP contribution in [0.25, 0.3) is 0 Å². The fourth-order valence-electron chi connectivity index (χ4n) is 1.80. The van der Waals surface area contributed by atoms with Crippen LogP contribution in [0.5, 0.6) is 0 Å². The van der Waals surface area contributed by atoms with Gasteiger partial charge in [-0.15, -0.1) is 0 Å². The summed E-state index contributed by atoms with van der Waals surface area (Å²) in [5, 5.41) is 5.74. The van der Waals surface area contributed by atoms with E-state index in [1.54, 1.807) is 6.92 Å². The third-order valence-corrected chi connectivity index (χ3v) is 2.82. The third kappa shape index (κ3) is 3.07. The van der Waals surface area contributed by atoms with Crippen molar-refractivity contribution in [3.05, 3.63) is 30.3 Å². The SMILES string of the molecule is CC(NC1CCOC1=O)C(=O)Nc1ccccc1. The molecule has 2 unspecified atom stereocenters. The fourth-order valence-corrected chi connectivity index (χ4v) is 1.80. The minimum atomic E-state index is -0.444. The van der Waals surface area contributed by atoms with Crippen molar-refractivity contribution in [1.29, 1.82) is 0 Å². The lowest BCUT2D eigenvalue weighted by Gasteiger charge is -2.16. The lowest BCUT2D eigenvalue weighted by atomic mass is 10.2. The van der Waals surface area contributed by atoms with E-state index in [2.05, 4.69) is 10.6 Å². The van der Waals surface area contributed by atoms with Crippen molar-refractivity contribution < 1.29 is 14.3 Å².